The van der Waals surface area contributed by atoms with Crippen molar-refractivity contribution in [3.05, 3.63) is 203 Å². The highest BCUT2D eigenvalue weighted by molar-refractivity contribution is 6.36. The van der Waals surface area contributed by atoms with Crippen LogP contribution in [0.1, 0.15) is 54.8 Å². The van der Waals surface area contributed by atoms with Crippen LogP contribution in [0.15, 0.2) is 195 Å². The zero-order chi connectivity index (χ0) is 49.9. The number of aliphatic carboxylic acids is 1. The number of hydrogen-bond acceptors (Lipinski definition) is 7. The minimum absolute atomic E-state index is 0.0284. The fourth-order valence-electron chi connectivity index (χ4n) is 8.49. The monoisotopic (exact) mass is 949 g/mol. The van der Waals surface area contributed by atoms with Crippen LogP contribution in [0.4, 0.5) is 5.69 Å². The van der Waals surface area contributed by atoms with Crippen LogP contribution >= 0.6 is 0 Å². The van der Waals surface area contributed by atoms with E-state index in [2.05, 4.69) is 92.8 Å². The number of carboxylic acid groups (broad SMARTS) is 1. The lowest BCUT2D eigenvalue weighted by atomic mass is 9.97. The maximum absolute atomic E-state index is 13.4. The van der Waals surface area contributed by atoms with Crippen molar-refractivity contribution >= 4 is 63.2 Å². The van der Waals surface area contributed by atoms with Gasteiger partial charge in [0.1, 0.15) is 14.1 Å². The molecule has 8 bridgehead atoms. The van der Waals surface area contributed by atoms with Gasteiger partial charge < -0.3 is 36.3 Å². The quantitative estimate of drug-likeness (QED) is 0.0629. The third-order valence-corrected chi connectivity index (χ3v) is 12.4. The molecule has 71 heavy (non-hydrogen) atoms. The van der Waals surface area contributed by atoms with Crippen molar-refractivity contribution in [1.29, 1.82) is 0 Å². The van der Waals surface area contributed by atoms with Gasteiger partial charge in [-0.3, -0.25) is 4.79 Å². The Balaban J connectivity index is 1.14. The zero-order valence-electron chi connectivity index (χ0n) is 40.0. The van der Waals surface area contributed by atoms with Gasteiger partial charge in [-0.25, -0.2) is 33.9 Å². The second kappa shape index (κ2) is 20.0. The number of carbonyl (C=O) groups is 2. The van der Waals surface area contributed by atoms with Crippen LogP contribution in [-0.2, 0) is 23.7 Å². The number of amides is 1. The Morgan fingerprint density at radius 2 is 1.17 bits per heavy atom. The Bertz CT molecular complexity index is 3280. The Kier molecular flexibility index (Phi) is 13.3. The summed E-state index contributed by atoms with van der Waals surface area (Å²) < 4.78 is 3.99. The van der Waals surface area contributed by atoms with Crippen molar-refractivity contribution in [3.8, 4) is 0 Å². The molecule has 0 saturated heterocycles. The van der Waals surface area contributed by atoms with E-state index in [0.717, 1.165) is 84.5 Å². The van der Waals surface area contributed by atoms with E-state index in [4.69, 9.17) is 15.0 Å². The number of aliphatic imine (C=N–C) groups is 4. The molecule has 16 heteroatoms. The van der Waals surface area contributed by atoms with E-state index in [9.17, 15) is 24.9 Å². The molecule has 5 aliphatic rings. The summed E-state index contributed by atoms with van der Waals surface area (Å²) in [5, 5.41) is 33.4. The first-order chi connectivity index (χ1) is 34.2. The third kappa shape index (κ3) is 10.3. The Labute approximate surface area is 410 Å². The molecule has 1 amide bonds. The average Bonchev–Trinajstić information content (AvgIpc) is 4.21. The first-order valence-corrected chi connectivity index (χ1v) is 23.2. The number of H-pyrrole nitrogens is 1. The molecule has 9 rings (SSSR count). The molecule has 16 nitrogen and oxygen atoms in total. The van der Waals surface area contributed by atoms with Gasteiger partial charge in [0.25, 0.3) is 0 Å². The summed E-state index contributed by atoms with van der Waals surface area (Å²) in [6, 6.07) is 17.1. The van der Waals surface area contributed by atoms with E-state index in [-0.39, 0.29) is 24.6 Å². The van der Waals surface area contributed by atoms with Crippen LogP contribution in [0.2, 0.25) is 0 Å². The molecule has 9 N–H and O–H groups in total. The van der Waals surface area contributed by atoms with E-state index in [0.29, 0.717) is 11.4 Å². The van der Waals surface area contributed by atoms with Crippen molar-refractivity contribution in [1.82, 2.24) is 9.88 Å². The predicted molar refractivity (Wildman–Crippen MR) is 274 cm³/mol. The number of benzene rings is 1. The van der Waals surface area contributed by atoms with Gasteiger partial charge in [-0.1, -0.05) is 12.1 Å². The summed E-state index contributed by atoms with van der Waals surface area (Å²) in [6.45, 7) is 2.98. The number of rotatable bonds is 12. The maximum Gasteiger partial charge on any atom is 0.372 e. The Hall–Kier alpha value is -8.89. The molecule has 3 atom stereocenters. The first kappa shape index (κ1) is 47.2. The molecule has 0 spiro atoms. The number of aromatic nitrogens is 3. The molecule has 0 saturated carbocycles. The van der Waals surface area contributed by atoms with Gasteiger partial charge in [-0.05, 0) is 108 Å². The number of allylic oxidation sites excluding steroid dienone is 11. The van der Waals surface area contributed by atoms with E-state index in [1.165, 1.54) is 6.92 Å². The van der Waals surface area contributed by atoms with Gasteiger partial charge in [0, 0.05) is 96.4 Å². The number of nitrogens with one attached hydrogen (secondary N) is 3. The summed E-state index contributed by atoms with van der Waals surface area (Å²) in [6.07, 6.45) is 28.4. The highest BCUT2D eigenvalue weighted by Crippen LogP contribution is 2.38. The van der Waals surface area contributed by atoms with E-state index < -0.39 is 30.0 Å². The lowest BCUT2D eigenvalue weighted by Gasteiger charge is -2.16. The number of carbonyl (C=O) groups excluding carboxylic acids is 1. The standard InChI is InChI=1S/C55H51N11O5/c1-32(56)53(68)63-47(54(69)57-33(2)55(70)71)18-19-48(67)58-38-8-6-34(7-9-38)49-39-10-12-41(59-39)50(35-20-26-64(3)27-21-35)43-14-16-45(61-43)52(37-24-30-66(5)31-25-37)46-17-15-44(62-46)51(42-13-11-40(49)60-42)36-22-28-65(4)29-23-36/h6-17,20-33,47H,18-19,56H2,1-5H3,(H3-2,57,58,59,60,61,62,63,67,68,69,70,71)/p+4/t32-,33-,47-/m0/s1. The normalized spacial score (nSPS) is 17.8. The van der Waals surface area contributed by atoms with Gasteiger partial charge in [0.2, 0.25) is 17.8 Å². The fourth-order valence-corrected chi connectivity index (χ4v) is 8.49. The molecule has 0 radical (unpaired) electrons. The smallest absolute Gasteiger partial charge is 0.372 e. The Morgan fingerprint density at radius 3 is 1.68 bits per heavy atom. The fraction of sp³-hybridized carbons (Fsp3) is 0.182. The van der Waals surface area contributed by atoms with Crippen molar-refractivity contribution in [2.45, 2.75) is 44.8 Å². The number of aromatic amines is 1. The molecule has 0 fully saturated rings. The number of aryl methyl sites for hydroxylation is 2. The Morgan fingerprint density at radius 1 is 0.690 bits per heavy atom. The number of carboxylic acids is 1. The summed E-state index contributed by atoms with van der Waals surface area (Å²) in [7, 11) is 5.97. The van der Waals surface area contributed by atoms with Gasteiger partial charge in [0.05, 0.1) is 34.2 Å². The summed E-state index contributed by atoms with van der Waals surface area (Å²) in [5.41, 5.74) is 17.7. The van der Waals surface area contributed by atoms with Crippen LogP contribution in [0, 0.1) is 0 Å². The van der Waals surface area contributed by atoms with Crippen LogP contribution in [0.5, 0.6) is 0 Å². The second-order valence-corrected chi connectivity index (χ2v) is 17.8. The predicted octanol–water partition coefficient (Wildman–Crippen LogP) is 4.09. The van der Waals surface area contributed by atoms with Gasteiger partial charge in [-0.2, -0.15) is 4.99 Å². The lowest BCUT2D eigenvalue weighted by Crippen LogP contribution is -2.82. The molecule has 0 aliphatic carbocycles. The van der Waals surface area contributed by atoms with Gasteiger partial charge in [0.15, 0.2) is 36.9 Å². The van der Waals surface area contributed by atoms with Crippen molar-refractivity contribution in [2.75, 3.05) is 12.4 Å². The minimum atomic E-state index is -1.19. The number of fused-ring (bicyclic) bond motifs is 5. The molecule has 8 heterocycles. The molecule has 1 aromatic carbocycles. The largest absolute Gasteiger partial charge is 0.492 e. The number of aliphatic hydroxyl groups is 2. The van der Waals surface area contributed by atoms with E-state index >= 15 is 0 Å². The van der Waals surface area contributed by atoms with E-state index in [1.54, 1.807) is 6.92 Å². The summed E-state index contributed by atoms with van der Waals surface area (Å²) in [5.74, 6) is -2.38. The number of quaternary nitrogens is 1. The summed E-state index contributed by atoms with van der Waals surface area (Å²) in [4.78, 5) is 53.4. The topological polar surface area (TPSA) is 225 Å². The van der Waals surface area contributed by atoms with Crippen LogP contribution < -0.4 is 25.2 Å². The number of anilines is 1. The average molecular weight is 950 g/mol. The number of pyridine rings is 2. The molecule has 5 aliphatic heterocycles. The highest BCUT2D eigenvalue weighted by atomic mass is 16.4. The van der Waals surface area contributed by atoms with Crippen molar-refractivity contribution < 1.29 is 44.8 Å². The first-order valence-electron chi connectivity index (χ1n) is 23.2. The van der Waals surface area contributed by atoms with Crippen LogP contribution in [0.3, 0.4) is 0 Å². The third-order valence-electron chi connectivity index (χ3n) is 12.4. The van der Waals surface area contributed by atoms with Crippen LogP contribution in [0.25, 0.3) is 16.7 Å². The lowest BCUT2D eigenvalue weighted by molar-refractivity contribution is -0.671. The number of aliphatic hydroxyl groups excluding tert-OH is 2. The molecule has 4 aromatic rings. The number of hydrogen-bond donors (Lipinski definition) is 7. The number of nitrogens with zero attached hydrogens (tertiary/aromatic N) is 7. The molecule has 3 aromatic heterocycles. The van der Waals surface area contributed by atoms with Crippen molar-refractivity contribution in [3.63, 3.8) is 0 Å². The van der Waals surface area contributed by atoms with Crippen LogP contribution in [-0.4, -0.2) is 91.2 Å². The van der Waals surface area contributed by atoms with Crippen molar-refractivity contribution in [2.24, 2.45) is 34.1 Å². The zero-order valence-corrected chi connectivity index (χ0v) is 40.0. The van der Waals surface area contributed by atoms with Gasteiger partial charge in [-0.15, -0.1) is 0 Å². The molecular formula is C55H55N11O5+4. The highest BCUT2D eigenvalue weighted by Gasteiger charge is 2.29. The summed E-state index contributed by atoms with van der Waals surface area (Å²) >= 11 is 0. The SMILES string of the molecule is C[C@H]([NH3+])C(O)=N[C@@H](CCC(=O)Nc1ccc(C2=C3C=CC(=N3)C(c3cc[n+](C)cc3)=C3C=CC(=N3)C(=C3C=CN(C)C=C3)C3=NC(=C(c4cc[n+](C)cc4)c4ccc2[nH]4)C=C3)cc1)C(O)=[NH+][C@@H](C)C(=O)O. The minimum Gasteiger partial charge on any atom is -0.492 e. The molecule has 0 unspecified atom stereocenters. The molecular weight excluding hydrogens is 895 g/mol. The van der Waals surface area contributed by atoms with E-state index in [1.807, 2.05) is 115 Å². The second-order valence-electron chi connectivity index (χ2n) is 17.8. The maximum atomic E-state index is 13.4. The van der Waals surface area contributed by atoms with Gasteiger partial charge >= 0.3 is 11.9 Å². The molecule has 356 valence electrons.